The SMILES string of the molecule is COc1ccc([N+](=O)[O-])cc1NC(=O)C1CCCN(S(=O)(=O)c2ccccc2)C1. The van der Waals surface area contributed by atoms with Crippen LogP contribution in [0, 0.1) is 16.0 Å². The van der Waals surface area contributed by atoms with E-state index >= 15 is 0 Å². The number of methoxy groups -OCH3 is 1. The van der Waals surface area contributed by atoms with Crippen molar-refractivity contribution in [2.45, 2.75) is 17.7 Å². The Morgan fingerprint density at radius 1 is 1.24 bits per heavy atom. The molecule has 0 radical (unpaired) electrons. The Morgan fingerprint density at radius 3 is 2.62 bits per heavy atom. The van der Waals surface area contributed by atoms with E-state index in [9.17, 15) is 23.3 Å². The molecular formula is C19H21N3O6S. The molecule has 154 valence electrons. The molecule has 1 unspecified atom stereocenters. The van der Waals surface area contributed by atoms with Crippen LogP contribution in [0.25, 0.3) is 0 Å². The largest absolute Gasteiger partial charge is 0.495 e. The zero-order valence-electron chi connectivity index (χ0n) is 15.8. The Morgan fingerprint density at radius 2 is 1.97 bits per heavy atom. The summed E-state index contributed by atoms with van der Waals surface area (Å²) >= 11 is 0. The second-order valence-corrected chi connectivity index (χ2v) is 8.58. The van der Waals surface area contributed by atoms with Gasteiger partial charge in [-0.1, -0.05) is 18.2 Å². The number of sulfonamides is 1. The Balaban J connectivity index is 1.77. The maximum absolute atomic E-state index is 12.8. The van der Waals surface area contributed by atoms with Crippen LogP contribution in [0.1, 0.15) is 12.8 Å². The summed E-state index contributed by atoms with van der Waals surface area (Å²) in [5.41, 5.74) is -0.00670. The summed E-state index contributed by atoms with van der Waals surface area (Å²) in [5, 5.41) is 13.7. The number of amides is 1. The van der Waals surface area contributed by atoms with E-state index in [2.05, 4.69) is 5.32 Å². The van der Waals surface area contributed by atoms with Crippen LogP contribution < -0.4 is 10.1 Å². The maximum Gasteiger partial charge on any atom is 0.271 e. The highest BCUT2D eigenvalue weighted by molar-refractivity contribution is 7.89. The number of carbonyl (C=O) groups is 1. The number of nitro groups is 1. The minimum atomic E-state index is -3.69. The number of nitrogens with one attached hydrogen (secondary N) is 1. The molecule has 1 N–H and O–H groups in total. The third-order valence-corrected chi connectivity index (χ3v) is 6.67. The monoisotopic (exact) mass is 419 g/mol. The number of piperidine rings is 1. The predicted octanol–water partition coefficient (Wildman–Crippen LogP) is 2.64. The van der Waals surface area contributed by atoms with Crippen molar-refractivity contribution in [1.29, 1.82) is 0 Å². The van der Waals surface area contributed by atoms with E-state index in [1.807, 2.05) is 0 Å². The highest BCUT2D eigenvalue weighted by Gasteiger charge is 2.33. The van der Waals surface area contributed by atoms with E-state index < -0.39 is 26.8 Å². The standard InChI is InChI=1S/C19H21N3O6S/c1-28-18-10-9-15(22(24)25)12-17(18)20-19(23)14-6-5-11-21(13-14)29(26,27)16-7-3-2-4-8-16/h2-4,7-10,12,14H,5-6,11,13H2,1H3,(H,20,23). The second-order valence-electron chi connectivity index (χ2n) is 6.65. The quantitative estimate of drug-likeness (QED) is 0.568. The van der Waals surface area contributed by atoms with Crippen LogP contribution >= 0.6 is 0 Å². The zero-order valence-corrected chi connectivity index (χ0v) is 16.6. The van der Waals surface area contributed by atoms with Crippen molar-refractivity contribution in [3.8, 4) is 5.75 Å². The summed E-state index contributed by atoms with van der Waals surface area (Å²) < 4.78 is 32.1. The average molecular weight is 419 g/mol. The molecule has 1 saturated heterocycles. The molecule has 1 aliphatic rings. The number of carbonyl (C=O) groups excluding carboxylic acids is 1. The molecule has 0 aromatic heterocycles. The first-order chi connectivity index (χ1) is 13.8. The molecule has 9 nitrogen and oxygen atoms in total. The van der Waals surface area contributed by atoms with Crippen molar-refractivity contribution < 1.29 is 22.9 Å². The third kappa shape index (κ3) is 4.54. The van der Waals surface area contributed by atoms with Crippen molar-refractivity contribution in [2.24, 2.45) is 5.92 Å². The fraction of sp³-hybridized carbons (Fsp3) is 0.316. The Bertz CT molecular complexity index is 1010. The number of ether oxygens (including phenoxy) is 1. The fourth-order valence-electron chi connectivity index (χ4n) is 3.26. The first-order valence-corrected chi connectivity index (χ1v) is 10.5. The van der Waals surface area contributed by atoms with Crippen molar-refractivity contribution in [1.82, 2.24) is 4.31 Å². The number of hydrogen-bond acceptors (Lipinski definition) is 6. The van der Waals surface area contributed by atoms with Crippen molar-refractivity contribution in [3.63, 3.8) is 0 Å². The van der Waals surface area contributed by atoms with Gasteiger partial charge in [-0.2, -0.15) is 4.31 Å². The number of nitro benzene ring substituents is 1. The lowest BCUT2D eigenvalue weighted by atomic mass is 9.98. The van der Waals surface area contributed by atoms with Crippen LogP contribution in [0.2, 0.25) is 0 Å². The predicted molar refractivity (Wildman–Crippen MR) is 106 cm³/mol. The van der Waals surface area contributed by atoms with Gasteiger partial charge in [-0.15, -0.1) is 0 Å². The van der Waals surface area contributed by atoms with Gasteiger partial charge >= 0.3 is 0 Å². The van der Waals surface area contributed by atoms with Gasteiger partial charge in [0.2, 0.25) is 15.9 Å². The summed E-state index contributed by atoms with van der Waals surface area (Å²) in [6.45, 7) is 0.376. The van der Waals surface area contributed by atoms with E-state index in [-0.39, 0.29) is 28.6 Å². The summed E-state index contributed by atoms with van der Waals surface area (Å²) in [5.74, 6) is -0.698. The van der Waals surface area contributed by atoms with E-state index in [1.54, 1.807) is 18.2 Å². The molecule has 0 bridgehead atoms. The summed E-state index contributed by atoms with van der Waals surface area (Å²) in [7, 11) is -2.30. The molecule has 0 spiro atoms. The van der Waals surface area contributed by atoms with Gasteiger partial charge in [0, 0.05) is 25.2 Å². The lowest BCUT2D eigenvalue weighted by Crippen LogP contribution is -2.43. The van der Waals surface area contributed by atoms with Crippen LogP contribution in [0.4, 0.5) is 11.4 Å². The van der Waals surface area contributed by atoms with Crippen molar-refractivity contribution in [3.05, 3.63) is 58.6 Å². The molecule has 29 heavy (non-hydrogen) atoms. The number of anilines is 1. The van der Waals surface area contributed by atoms with E-state index in [1.165, 1.54) is 41.7 Å². The Kier molecular flexibility index (Phi) is 6.14. The van der Waals surface area contributed by atoms with E-state index in [0.717, 1.165) is 0 Å². The lowest BCUT2D eigenvalue weighted by Gasteiger charge is -2.31. The number of nitrogens with zero attached hydrogens (tertiary/aromatic N) is 2. The minimum absolute atomic E-state index is 0.0420. The molecule has 1 aliphatic heterocycles. The van der Waals surface area contributed by atoms with Gasteiger partial charge in [-0.3, -0.25) is 14.9 Å². The Labute approximate surface area is 168 Å². The number of rotatable bonds is 6. The molecule has 2 aromatic rings. The van der Waals surface area contributed by atoms with Crippen LogP contribution in [0.5, 0.6) is 5.75 Å². The molecule has 3 rings (SSSR count). The average Bonchev–Trinajstić information content (AvgIpc) is 2.74. The Hall–Kier alpha value is -2.98. The topological polar surface area (TPSA) is 119 Å². The van der Waals surface area contributed by atoms with Gasteiger partial charge in [-0.05, 0) is 31.0 Å². The zero-order chi connectivity index (χ0) is 21.0. The maximum atomic E-state index is 12.8. The number of benzene rings is 2. The molecule has 1 fully saturated rings. The van der Waals surface area contributed by atoms with Crippen LogP contribution in [0.3, 0.4) is 0 Å². The normalized spacial score (nSPS) is 17.5. The minimum Gasteiger partial charge on any atom is -0.495 e. The summed E-state index contributed by atoms with van der Waals surface area (Å²) in [4.78, 5) is 23.4. The van der Waals surface area contributed by atoms with E-state index in [4.69, 9.17) is 4.74 Å². The van der Waals surface area contributed by atoms with Gasteiger partial charge in [0.15, 0.2) is 0 Å². The number of hydrogen-bond donors (Lipinski definition) is 1. The number of non-ortho nitro benzene ring substituents is 1. The molecule has 2 aromatic carbocycles. The van der Waals surface area contributed by atoms with Crippen LogP contribution in [-0.4, -0.2) is 43.8 Å². The molecule has 1 heterocycles. The summed E-state index contributed by atoms with van der Waals surface area (Å²) in [6.07, 6.45) is 1.06. The lowest BCUT2D eigenvalue weighted by molar-refractivity contribution is -0.384. The molecule has 1 amide bonds. The molecule has 10 heteroatoms. The van der Waals surface area contributed by atoms with Crippen molar-refractivity contribution >= 4 is 27.3 Å². The van der Waals surface area contributed by atoms with Gasteiger partial charge in [0.1, 0.15) is 5.75 Å². The highest BCUT2D eigenvalue weighted by atomic mass is 32.2. The highest BCUT2D eigenvalue weighted by Crippen LogP contribution is 2.30. The fourth-order valence-corrected chi connectivity index (χ4v) is 4.80. The first-order valence-electron chi connectivity index (χ1n) is 9.01. The molecule has 0 saturated carbocycles. The molecule has 1 atom stereocenters. The van der Waals surface area contributed by atoms with Crippen LogP contribution in [0.15, 0.2) is 53.4 Å². The first kappa shape index (κ1) is 20.7. The second kappa shape index (κ2) is 8.58. The third-order valence-electron chi connectivity index (χ3n) is 4.79. The van der Waals surface area contributed by atoms with Crippen LogP contribution in [-0.2, 0) is 14.8 Å². The van der Waals surface area contributed by atoms with Gasteiger partial charge < -0.3 is 10.1 Å². The van der Waals surface area contributed by atoms with Gasteiger partial charge in [0.05, 0.1) is 28.5 Å². The molecule has 0 aliphatic carbocycles. The van der Waals surface area contributed by atoms with Crippen molar-refractivity contribution in [2.75, 3.05) is 25.5 Å². The smallest absolute Gasteiger partial charge is 0.271 e. The van der Waals surface area contributed by atoms with Gasteiger partial charge in [0.25, 0.3) is 5.69 Å². The summed E-state index contributed by atoms with van der Waals surface area (Å²) in [6, 6.07) is 12.0. The van der Waals surface area contributed by atoms with E-state index in [0.29, 0.717) is 19.4 Å². The molecular weight excluding hydrogens is 398 g/mol. The van der Waals surface area contributed by atoms with Gasteiger partial charge in [-0.25, -0.2) is 8.42 Å².